The summed E-state index contributed by atoms with van der Waals surface area (Å²) >= 11 is 0. The molecule has 0 bridgehead atoms. The first-order chi connectivity index (χ1) is 19.0. The fraction of sp³-hybridized carbons (Fsp3) is 0.143. The molecule has 0 aliphatic carbocycles. The molecule has 0 aliphatic rings. The summed E-state index contributed by atoms with van der Waals surface area (Å²) in [4.78, 5) is 0. The molecule has 13 heteroatoms. The number of rotatable bonds is 8. The van der Waals surface area contributed by atoms with E-state index in [-0.39, 0.29) is 16.7 Å². The van der Waals surface area contributed by atoms with Crippen LogP contribution in [0.15, 0.2) is 103 Å². The SMILES string of the molecule is O=S(=O)(Oc1ccc(-c2ccccc2)c(-c2ccccc2)c1-c1ccccc1)C(F)(F)C(F)(F)C(F)(F)C(F)(F)F. The van der Waals surface area contributed by atoms with Crippen LogP contribution in [0.3, 0.4) is 0 Å². The van der Waals surface area contributed by atoms with Crippen LogP contribution < -0.4 is 4.18 Å². The molecule has 0 radical (unpaired) electrons. The third-order valence-corrected chi connectivity index (χ3v) is 7.29. The average molecular weight is 604 g/mol. The second kappa shape index (κ2) is 10.4. The van der Waals surface area contributed by atoms with Crippen LogP contribution in [0.4, 0.5) is 39.5 Å². The fourth-order valence-electron chi connectivity index (χ4n) is 4.00. The lowest BCUT2D eigenvalue weighted by Gasteiger charge is -2.32. The predicted octanol–water partition coefficient (Wildman–Crippen LogP) is 8.82. The van der Waals surface area contributed by atoms with Crippen molar-refractivity contribution < 1.29 is 52.1 Å². The summed E-state index contributed by atoms with van der Waals surface area (Å²) in [6.07, 6.45) is -7.21. The van der Waals surface area contributed by atoms with Crippen LogP contribution in [0.25, 0.3) is 33.4 Å². The molecule has 216 valence electrons. The van der Waals surface area contributed by atoms with E-state index in [0.29, 0.717) is 16.7 Å². The van der Waals surface area contributed by atoms with Gasteiger partial charge in [0.15, 0.2) is 5.75 Å². The van der Waals surface area contributed by atoms with E-state index in [0.717, 1.165) is 6.07 Å². The van der Waals surface area contributed by atoms with Crippen molar-refractivity contribution in [2.75, 3.05) is 0 Å². The molecule has 0 saturated heterocycles. The molecule has 0 aromatic heterocycles. The van der Waals surface area contributed by atoms with Gasteiger partial charge in [-0.05, 0) is 34.4 Å². The average Bonchev–Trinajstić information content (AvgIpc) is 2.93. The van der Waals surface area contributed by atoms with Crippen LogP contribution >= 0.6 is 0 Å². The monoisotopic (exact) mass is 604 g/mol. The normalized spacial score (nSPS) is 13.2. The van der Waals surface area contributed by atoms with Crippen molar-refractivity contribution in [1.82, 2.24) is 0 Å². The molecular weight excluding hydrogens is 587 g/mol. The van der Waals surface area contributed by atoms with Gasteiger partial charge in [0, 0.05) is 11.1 Å². The van der Waals surface area contributed by atoms with Crippen LogP contribution in [0.5, 0.6) is 5.75 Å². The minimum Gasteiger partial charge on any atom is -0.377 e. The molecule has 0 heterocycles. The Morgan fingerprint density at radius 3 is 1.34 bits per heavy atom. The minimum atomic E-state index is -7.43. The number of hydrogen-bond donors (Lipinski definition) is 0. The summed E-state index contributed by atoms with van der Waals surface area (Å²) in [5.74, 6) is -15.9. The standard InChI is InChI=1S/C28H17F9O3S/c29-25(30,27(33,34)35)26(31,32)28(36,37)41(38,39)40-22-17-16-21(18-10-4-1-5-11-18)23(19-12-6-2-7-13-19)24(22)20-14-8-3-9-15-20/h1-17H. The van der Waals surface area contributed by atoms with Gasteiger partial charge in [0.2, 0.25) is 0 Å². The molecular formula is C28H17F9O3S. The topological polar surface area (TPSA) is 43.4 Å². The summed E-state index contributed by atoms with van der Waals surface area (Å²) in [5, 5.41) is -7.02. The Hall–Kier alpha value is -4.00. The van der Waals surface area contributed by atoms with Crippen molar-refractivity contribution in [3.8, 4) is 39.1 Å². The Morgan fingerprint density at radius 1 is 0.488 bits per heavy atom. The first-order valence-corrected chi connectivity index (χ1v) is 12.9. The van der Waals surface area contributed by atoms with Gasteiger partial charge in [-0.1, -0.05) is 91.0 Å². The predicted molar refractivity (Wildman–Crippen MR) is 133 cm³/mol. The number of alkyl halides is 9. The van der Waals surface area contributed by atoms with Crippen LogP contribution in [0, 0.1) is 0 Å². The van der Waals surface area contributed by atoms with Gasteiger partial charge in [-0.25, -0.2) is 0 Å². The van der Waals surface area contributed by atoms with E-state index in [9.17, 15) is 47.9 Å². The fourth-order valence-corrected chi connectivity index (χ4v) is 4.92. The van der Waals surface area contributed by atoms with Gasteiger partial charge < -0.3 is 4.18 Å². The van der Waals surface area contributed by atoms with Crippen molar-refractivity contribution in [2.45, 2.75) is 23.3 Å². The highest BCUT2D eigenvalue weighted by Gasteiger charge is 2.86. The van der Waals surface area contributed by atoms with Gasteiger partial charge in [0.25, 0.3) is 0 Å². The summed E-state index contributed by atoms with van der Waals surface area (Å²) in [7, 11) is -7.18. The summed E-state index contributed by atoms with van der Waals surface area (Å²) in [6, 6.07) is 25.7. The summed E-state index contributed by atoms with van der Waals surface area (Å²) in [5.41, 5.74) is 1.41. The number of halogens is 9. The minimum absolute atomic E-state index is 0.130. The van der Waals surface area contributed by atoms with E-state index in [1.165, 1.54) is 30.3 Å². The van der Waals surface area contributed by atoms with Crippen molar-refractivity contribution in [2.24, 2.45) is 0 Å². The molecule has 0 fully saturated rings. The number of benzene rings is 4. The van der Waals surface area contributed by atoms with Crippen LogP contribution in [0.1, 0.15) is 0 Å². The Balaban J connectivity index is 1.99. The van der Waals surface area contributed by atoms with Gasteiger partial charge >= 0.3 is 33.4 Å². The van der Waals surface area contributed by atoms with Crippen LogP contribution in [-0.2, 0) is 10.1 Å². The molecule has 0 atom stereocenters. The maximum Gasteiger partial charge on any atom is 0.460 e. The molecule has 41 heavy (non-hydrogen) atoms. The second-order valence-corrected chi connectivity index (χ2v) is 10.2. The lowest BCUT2D eigenvalue weighted by Crippen LogP contribution is -2.63. The molecule has 0 N–H and O–H groups in total. The highest BCUT2D eigenvalue weighted by atomic mass is 32.2. The Labute approximate surface area is 228 Å². The summed E-state index contributed by atoms with van der Waals surface area (Å²) in [6.45, 7) is 0. The highest BCUT2D eigenvalue weighted by Crippen LogP contribution is 2.55. The van der Waals surface area contributed by atoms with Gasteiger partial charge in [0.1, 0.15) is 0 Å². The molecule has 4 aromatic rings. The third-order valence-electron chi connectivity index (χ3n) is 6.01. The van der Waals surface area contributed by atoms with E-state index in [1.54, 1.807) is 66.7 Å². The molecule has 0 unspecified atom stereocenters. The Kier molecular flexibility index (Phi) is 7.63. The Bertz CT molecular complexity index is 1620. The maximum absolute atomic E-state index is 14.5. The van der Waals surface area contributed by atoms with Gasteiger partial charge in [0.05, 0.1) is 0 Å². The maximum atomic E-state index is 14.5. The first-order valence-electron chi connectivity index (χ1n) is 11.5. The zero-order valence-electron chi connectivity index (χ0n) is 20.3. The molecule has 0 saturated carbocycles. The van der Waals surface area contributed by atoms with E-state index >= 15 is 0 Å². The van der Waals surface area contributed by atoms with E-state index in [2.05, 4.69) is 4.18 Å². The molecule has 4 aromatic carbocycles. The zero-order valence-corrected chi connectivity index (χ0v) is 21.2. The third kappa shape index (κ3) is 5.14. The lowest BCUT2D eigenvalue weighted by atomic mass is 9.87. The number of hydrogen-bond acceptors (Lipinski definition) is 3. The van der Waals surface area contributed by atoms with Crippen molar-refractivity contribution in [1.29, 1.82) is 0 Å². The van der Waals surface area contributed by atoms with Crippen LogP contribution in [-0.4, -0.2) is 31.7 Å². The van der Waals surface area contributed by atoms with E-state index in [4.69, 9.17) is 0 Å². The Morgan fingerprint density at radius 2 is 0.902 bits per heavy atom. The smallest absolute Gasteiger partial charge is 0.377 e. The van der Waals surface area contributed by atoms with Gasteiger partial charge in [-0.15, -0.1) is 0 Å². The van der Waals surface area contributed by atoms with Gasteiger partial charge in [-0.3, -0.25) is 0 Å². The molecule has 0 amide bonds. The lowest BCUT2D eigenvalue weighted by molar-refractivity contribution is -0.382. The van der Waals surface area contributed by atoms with Crippen molar-refractivity contribution in [3.05, 3.63) is 103 Å². The largest absolute Gasteiger partial charge is 0.460 e. The second-order valence-electron chi connectivity index (χ2n) is 8.66. The van der Waals surface area contributed by atoms with Crippen LogP contribution in [0.2, 0.25) is 0 Å². The van der Waals surface area contributed by atoms with E-state index in [1.807, 2.05) is 0 Å². The van der Waals surface area contributed by atoms with E-state index < -0.39 is 39.1 Å². The highest BCUT2D eigenvalue weighted by molar-refractivity contribution is 7.88. The van der Waals surface area contributed by atoms with Crippen molar-refractivity contribution in [3.63, 3.8) is 0 Å². The zero-order chi connectivity index (χ0) is 30.3. The van der Waals surface area contributed by atoms with Crippen molar-refractivity contribution >= 4 is 10.1 Å². The molecule has 0 spiro atoms. The summed E-state index contributed by atoms with van der Waals surface area (Å²) < 4.78 is 151. The quantitative estimate of drug-likeness (QED) is 0.149. The first kappa shape index (κ1) is 30.0. The van der Waals surface area contributed by atoms with Gasteiger partial charge in [-0.2, -0.15) is 47.9 Å². The molecule has 4 rings (SSSR count). The molecule has 0 aliphatic heterocycles. The molecule has 3 nitrogen and oxygen atoms in total.